The SMILES string of the molecule is COC(=O)c1ccc(C(=O)N2CC[NH+](Cc3ccc(C(C)C)cc3)CC2)cc1. The van der Waals surface area contributed by atoms with Gasteiger partial charge < -0.3 is 14.5 Å². The second kappa shape index (κ2) is 9.02. The van der Waals surface area contributed by atoms with Crippen molar-refractivity contribution in [2.45, 2.75) is 26.3 Å². The summed E-state index contributed by atoms with van der Waals surface area (Å²) in [6, 6.07) is 15.6. The topological polar surface area (TPSA) is 51.1 Å². The highest BCUT2D eigenvalue weighted by atomic mass is 16.5. The minimum Gasteiger partial charge on any atom is -0.465 e. The summed E-state index contributed by atoms with van der Waals surface area (Å²) in [5.41, 5.74) is 3.78. The first-order valence-corrected chi connectivity index (χ1v) is 9.88. The van der Waals surface area contributed by atoms with Crippen molar-refractivity contribution in [1.82, 2.24) is 4.90 Å². The molecule has 2 aromatic rings. The van der Waals surface area contributed by atoms with Crippen LogP contribution in [0, 0.1) is 0 Å². The Hall–Kier alpha value is -2.66. The minimum atomic E-state index is -0.391. The van der Waals surface area contributed by atoms with Gasteiger partial charge in [0, 0.05) is 11.1 Å². The van der Waals surface area contributed by atoms with Gasteiger partial charge in [0.15, 0.2) is 0 Å². The second-order valence-electron chi connectivity index (χ2n) is 7.68. The Bertz CT molecular complexity index is 805. The summed E-state index contributed by atoms with van der Waals surface area (Å²) < 4.78 is 4.69. The number of methoxy groups -OCH3 is 1. The van der Waals surface area contributed by atoms with E-state index in [4.69, 9.17) is 4.74 Å². The molecule has 3 rings (SSSR count). The first-order chi connectivity index (χ1) is 13.5. The van der Waals surface area contributed by atoms with Crippen molar-refractivity contribution >= 4 is 11.9 Å². The van der Waals surface area contributed by atoms with E-state index >= 15 is 0 Å². The fraction of sp³-hybridized carbons (Fsp3) is 0.391. The van der Waals surface area contributed by atoms with Crippen LogP contribution in [0.2, 0.25) is 0 Å². The van der Waals surface area contributed by atoms with Crippen molar-refractivity contribution in [3.8, 4) is 0 Å². The number of carbonyl (C=O) groups is 2. The molecule has 1 N–H and O–H groups in total. The summed E-state index contributed by atoms with van der Waals surface area (Å²) in [5.74, 6) is 0.187. The Morgan fingerprint density at radius 1 is 0.964 bits per heavy atom. The lowest BCUT2D eigenvalue weighted by molar-refractivity contribution is -0.917. The van der Waals surface area contributed by atoms with Crippen LogP contribution < -0.4 is 4.90 Å². The van der Waals surface area contributed by atoms with E-state index in [9.17, 15) is 9.59 Å². The molecule has 5 nitrogen and oxygen atoms in total. The van der Waals surface area contributed by atoms with E-state index in [1.54, 1.807) is 24.3 Å². The summed E-state index contributed by atoms with van der Waals surface area (Å²) in [7, 11) is 1.35. The minimum absolute atomic E-state index is 0.0248. The van der Waals surface area contributed by atoms with Crippen LogP contribution >= 0.6 is 0 Å². The van der Waals surface area contributed by atoms with Gasteiger partial charge in [-0.25, -0.2) is 4.79 Å². The number of ether oxygens (including phenoxy) is 1. The van der Waals surface area contributed by atoms with Crippen LogP contribution in [0.5, 0.6) is 0 Å². The molecule has 1 fully saturated rings. The van der Waals surface area contributed by atoms with Crippen LogP contribution in [0.25, 0.3) is 0 Å². The van der Waals surface area contributed by atoms with Gasteiger partial charge in [0.1, 0.15) is 6.54 Å². The van der Waals surface area contributed by atoms with E-state index in [1.807, 2.05) is 4.90 Å². The van der Waals surface area contributed by atoms with Gasteiger partial charge >= 0.3 is 5.97 Å². The number of nitrogens with one attached hydrogen (secondary N) is 1. The number of carbonyl (C=O) groups excluding carboxylic acids is 2. The third-order valence-corrected chi connectivity index (χ3v) is 5.41. The summed E-state index contributed by atoms with van der Waals surface area (Å²) in [4.78, 5) is 27.6. The van der Waals surface area contributed by atoms with Crippen molar-refractivity contribution in [3.05, 3.63) is 70.8 Å². The molecule has 1 aliphatic heterocycles. The summed E-state index contributed by atoms with van der Waals surface area (Å²) in [6.45, 7) is 8.79. The lowest BCUT2D eigenvalue weighted by atomic mass is 10.0. The monoisotopic (exact) mass is 381 g/mol. The molecule has 5 heteroatoms. The Morgan fingerprint density at radius 2 is 1.54 bits per heavy atom. The predicted octanol–water partition coefficient (Wildman–Crippen LogP) is 2.14. The average Bonchev–Trinajstić information content (AvgIpc) is 2.73. The number of rotatable bonds is 5. The zero-order valence-corrected chi connectivity index (χ0v) is 16.9. The highest BCUT2D eigenvalue weighted by Crippen LogP contribution is 2.14. The number of esters is 1. The molecule has 148 valence electrons. The van der Waals surface area contributed by atoms with Crippen molar-refractivity contribution in [2.24, 2.45) is 0 Å². The molecule has 1 aliphatic rings. The van der Waals surface area contributed by atoms with Crippen molar-refractivity contribution in [2.75, 3.05) is 33.3 Å². The Labute approximate surface area is 166 Å². The van der Waals surface area contributed by atoms with E-state index in [0.717, 1.165) is 32.7 Å². The second-order valence-corrected chi connectivity index (χ2v) is 7.68. The van der Waals surface area contributed by atoms with Gasteiger partial charge in [-0.3, -0.25) is 4.79 Å². The zero-order valence-electron chi connectivity index (χ0n) is 16.9. The first-order valence-electron chi connectivity index (χ1n) is 9.88. The van der Waals surface area contributed by atoms with E-state index in [2.05, 4.69) is 38.1 Å². The smallest absolute Gasteiger partial charge is 0.337 e. The molecular weight excluding hydrogens is 352 g/mol. The number of quaternary nitrogens is 1. The molecule has 0 saturated carbocycles. The highest BCUT2D eigenvalue weighted by molar-refractivity contribution is 5.96. The molecule has 2 aromatic carbocycles. The van der Waals surface area contributed by atoms with Crippen LogP contribution in [0.3, 0.4) is 0 Å². The number of hydrogen-bond donors (Lipinski definition) is 1. The fourth-order valence-electron chi connectivity index (χ4n) is 3.56. The maximum Gasteiger partial charge on any atom is 0.337 e. The molecule has 0 bridgehead atoms. The van der Waals surface area contributed by atoms with Gasteiger partial charge in [0.25, 0.3) is 5.91 Å². The number of amides is 1. The molecule has 1 saturated heterocycles. The van der Waals surface area contributed by atoms with Crippen LogP contribution in [-0.4, -0.2) is 50.1 Å². The van der Waals surface area contributed by atoms with Crippen LogP contribution in [0.15, 0.2) is 48.5 Å². The van der Waals surface area contributed by atoms with E-state index in [-0.39, 0.29) is 5.91 Å². The molecule has 1 amide bonds. The lowest BCUT2D eigenvalue weighted by Gasteiger charge is -2.32. The Balaban J connectivity index is 1.53. The lowest BCUT2D eigenvalue weighted by Crippen LogP contribution is -3.13. The molecule has 0 aromatic heterocycles. The highest BCUT2D eigenvalue weighted by Gasteiger charge is 2.24. The first kappa shape index (κ1) is 20.1. The zero-order chi connectivity index (χ0) is 20.1. The van der Waals surface area contributed by atoms with Crippen LogP contribution in [0.1, 0.15) is 51.6 Å². The third kappa shape index (κ3) is 4.78. The molecule has 0 aliphatic carbocycles. The predicted molar refractivity (Wildman–Crippen MR) is 109 cm³/mol. The van der Waals surface area contributed by atoms with Crippen molar-refractivity contribution in [1.29, 1.82) is 0 Å². The van der Waals surface area contributed by atoms with E-state index in [1.165, 1.54) is 23.1 Å². The Kier molecular flexibility index (Phi) is 6.47. The van der Waals surface area contributed by atoms with Crippen molar-refractivity contribution < 1.29 is 19.2 Å². The van der Waals surface area contributed by atoms with Crippen LogP contribution in [0.4, 0.5) is 0 Å². The fourth-order valence-corrected chi connectivity index (χ4v) is 3.56. The molecule has 0 radical (unpaired) electrons. The molecular formula is C23H29N2O3+. The van der Waals surface area contributed by atoms with Gasteiger partial charge in [-0.05, 0) is 35.7 Å². The number of hydrogen-bond acceptors (Lipinski definition) is 3. The number of nitrogens with zero attached hydrogens (tertiary/aromatic N) is 1. The van der Waals surface area contributed by atoms with Gasteiger partial charge in [0.2, 0.25) is 0 Å². The quantitative estimate of drug-likeness (QED) is 0.808. The largest absolute Gasteiger partial charge is 0.465 e. The van der Waals surface area contributed by atoms with Gasteiger partial charge in [0.05, 0.1) is 38.9 Å². The molecule has 1 heterocycles. The number of benzene rings is 2. The summed E-state index contributed by atoms with van der Waals surface area (Å²) in [6.07, 6.45) is 0. The van der Waals surface area contributed by atoms with E-state index in [0.29, 0.717) is 17.0 Å². The van der Waals surface area contributed by atoms with E-state index < -0.39 is 5.97 Å². The molecule has 0 spiro atoms. The van der Waals surface area contributed by atoms with Gasteiger partial charge in [-0.2, -0.15) is 0 Å². The third-order valence-electron chi connectivity index (χ3n) is 5.41. The summed E-state index contributed by atoms with van der Waals surface area (Å²) >= 11 is 0. The molecule has 0 atom stereocenters. The molecule has 28 heavy (non-hydrogen) atoms. The standard InChI is InChI=1S/C23H28N2O3/c1-17(2)19-6-4-18(5-7-19)16-24-12-14-25(15-13-24)22(26)20-8-10-21(11-9-20)23(27)28-3/h4-11,17H,12-16H2,1-3H3/p+1. The maximum atomic E-state index is 12.7. The Morgan fingerprint density at radius 3 is 2.07 bits per heavy atom. The van der Waals surface area contributed by atoms with Gasteiger partial charge in [-0.15, -0.1) is 0 Å². The number of piperazine rings is 1. The summed E-state index contributed by atoms with van der Waals surface area (Å²) in [5, 5.41) is 0. The normalized spacial score (nSPS) is 14.9. The van der Waals surface area contributed by atoms with Gasteiger partial charge in [-0.1, -0.05) is 38.1 Å². The van der Waals surface area contributed by atoms with Crippen molar-refractivity contribution in [3.63, 3.8) is 0 Å². The maximum absolute atomic E-state index is 12.7. The average molecular weight is 381 g/mol. The van der Waals surface area contributed by atoms with Crippen LogP contribution in [-0.2, 0) is 11.3 Å². The molecule has 0 unspecified atom stereocenters.